The van der Waals surface area contributed by atoms with E-state index in [1.807, 2.05) is 13.2 Å². The summed E-state index contributed by atoms with van der Waals surface area (Å²) in [5.74, 6) is 0.335. The van der Waals surface area contributed by atoms with Crippen LogP contribution in [0, 0.1) is 0 Å². The van der Waals surface area contributed by atoms with Crippen molar-refractivity contribution >= 4 is 9.84 Å². The molecule has 0 aromatic heterocycles. The highest BCUT2D eigenvalue weighted by Gasteiger charge is 2.34. The average molecular weight is 258 g/mol. The highest BCUT2D eigenvalue weighted by atomic mass is 32.2. The van der Waals surface area contributed by atoms with Crippen molar-refractivity contribution in [1.29, 1.82) is 0 Å². The molecule has 0 aromatic carbocycles. The summed E-state index contributed by atoms with van der Waals surface area (Å²) in [6, 6.07) is 0. The third-order valence-corrected chi connectivity index (χ3v) is 6.25. The fourth-order valence-corrected chi connectivity index (χ4v) is 4.83. The molecule has 0 amide bonds. The van der Waals surface area contributed by atoms with Gasteiger partial charge < -0.3 is 4.74 Å². The second-order valence-corrected chi connectivity index (χ2v) is 7.57. The molecule has 4 heteroatoms. The largest absolute Gasteiger partial charge is 0.497 e. The minimum Gasteiger partial charge on any atom is -0.497 e. The van der Waals surface area contributed by atoms with Crippen LogP contribution in [0.5, 0.6) is 0 Å². The quantitative estimate of drug-likeness (QED) is 0.731. The summed E-state index contributed by atoms with van der Waals surface area (Å²) < 4.78 is 29.5. The third-order valence-electron chi connectivity index (χ3n) is 3.85. The van der Waals surface area contributed by atoms with Gasteiger partial charge in [0.15, 0.2) is 9.84 Å². The number of allylic oxidation sites excluding steroid dienone is 1. The molecule has 0 aromatic rings. The number of rotatable bonds is 3. The monoisotopic (exact) mass is 258 g/mol. The van der Waals surface area contributed by atoms with Crippen LogP contribution >= 0.6 is 0 Å². The molecule has 2 unspecified atom stereocenters. The summed E-state index contributed by atoms with van der Waals surface area (Å²) in [7, 11) is -2.92. The van der Waals surface area contributed by atoms with E-state index in [9.17, 15) is 8.42 Å². The van der Waals surface area contributed by atoms with Gasteiger partial charge in [-0.25, -0.2) is 8.42 Å². The van der Waals surface area contributed by atoms with Crippen LogP contribution in [0.1, 0.15) is 51.9 Å². The van der Waals surface area contributed by atoms with Crippen LogP contribution in [0.25, 0.3) is 0 Å². The molecular weight excluding hydrogens is 236 g/mol. The first kappa shape index (κ1) is 12.9. The predicted octanol–water partition coefficient (Wildman–Crippen LogP) is 2.82. The molecule has 0 spiro atoms. The zero-order valence-corrected chi connectivity index (χ0v) is 11.3. The molecular formula is C13H22O3S. The SMILES string of the molecule is CC(OC=C1CCCC1)C1CCCCS1(=O)=O. The maximum absolute atomic E-state index is 11.9. The fourth-order valence-electron chi connectivity index (χ4n) is 2.74. The third kappa shape index (κ3) is 3.24. The van der Waals surface area contributed by atoms with Crippen molar-refractivity contribution in [1.82, 2.24) is 0 Å². The van der Waals surface area contributed by atoms with Crippen molar-refractivity contribution in [2.45, 2.75) is 63.2 Å². The van der Waals surface area contributed by atoms with Gasteiger partial charge in [-0.05, 0) is 51.0 Å². The summed E-state index contributed by atoms with van der Waals surface area (Å²) in [5.41, 5.74) is 1.34. The Morgan fingerprint density at radius 3 is 2.59 bits per heavy atom. The standard InChI is InChI=1S/C13H22O3S/c1-11(16-10-12-6-2-3-7-12)13-8-4-5-9-17(13,14)15/h10-11,13H,2-9H2,1H3. The molecule has 1 saturated carbocycles. The molecule has 2 fully saturated rings. The van der Waals surface area contributed by atoms with Gasteiger partial charge in [-0.15, -0.1) is 0 Å². The van der Waals surface area contributed by atoms with Crippen molar-refractivity contribution in [3.63, 3.8) is 0 Å². The first-order valence-corrected chi connectivity index (χ1v) is 8.36. The Balaban J connectivity index is 1.94. The molecule has 1 aliphatic heterocycles. The second kappa shape index (κ2) is 5.42. The minimum absolute atomic E-state index is 0.201. The van der Waals surface area contributed by atoms with Gasteiger partial charge in [-0.3, -0.25) is 0 Å². The molecule has 98 valence electrons. The van der Waals surface area contributed by atoms with Crippen molar-refractivity contribution in [2.24, 2.45) is 0 Å². The molecule has 1 saturated heterocycles. The Labute approximate surface area is 104 Å². The van der Waals surface area contributed by atoms with Gasteiger partial charge in [0.05, 0.1) is 17.3 Å². The van der Waals surface area contributed by atoms with Crippen LogP contribution in [0.3, 0.4) is 0 Å². The topological polar surface area (TPSA) is 43.4 Å². The molecule has 1 heterocycles. The Morgan fingerprint density at radius 2 is 1.94 bits per heavy atom. The van der Waals surface area contributed by atoms with Crippen molar-refractivity contribution in [3.8, 4) is 0 Å². The van der Waals surface area contributed by atoms with Crippen LogP contribution in [-0.2, 0) is 14.6 Å². The van der Waals surface area contributed by atoms with Gasteiger partial charge >= 0.3 is 0 Å². The van der Waals surface area contributed by atoms with Crippen molar-refractivity contribution < 1.29 is 13.2 Å². The molecule has 3 nitrogen and oxygen atoms in total. The summed E-state index contributed by atoms with van der Waals surface area (Å²) in [5, 5.41) is -0.297. The normalized spacial score (nSPS) is 29.9. The Kier molecular flexibility index (Phi) is 4.13. The Hall–Kier alpha value is -0.510. The van der Waals surface area contributed by atoms with Crippen LogP contribution in [0.4, 0.5) is 0 Å². The zero-order valence-electron chi connectivity index (χ0n) is 10.5. The lowest BCUT2D eigenvalue weighted by Crippen LogP contribution is -2.37. The van der Waals surface area contributed by atoms with E-state index in [1.54, 1.807) is 0 Å². The van der Waals surface area contributed by atoms with E-state index in [-0.39, 0.29) is 11.4 Å². The van der Waals surface area contributed by atoms with Gasteiger partial charge in [0.1, 0.15) is 6.10 Å². The summed E-state index contributed by atoms with van der Waals surface area (Å²) >= 11 is 0. The van der Waals surface area contributed by atoms with Gasteiger partial charge in [0.25, 0.3) is 0 Å². The van der Waals surface area contributed by atoms with E-state index in [1.165, 1.54) is 18.4 Å². The molecule has 17 heavy (non-hydrogen) atoms. The van der Waals surface area contributed by atoms with Gasteiger partial charge in [-0.2, -0.15) is 0 Å². The highest BCUT2D eigenvalue weighted by Crippen LogP contribution is 2.26. The number of ether oxygens (including phenoxy) is 1. The first-order valence-electron chi connectivity index (χ1n) is 6.64. The van der Waals surface area contributed by atoms with E-state index >= 15 is 0 Å². The number of sulfone groups is 1. The van der Waals surface area contributed by atoms with Crippen LogP contribution < -0.4 is 0 Å². The zero-order chi connectivity index (χ0) is 12.3. The lowest BCUT2D eigenvalue weighted by Gasteiger charge is -2.27. The second-order valence-electron chi connectivity index (χ2n) is 5.23. The van der Waals surface area contributed by atoms with Gasteiger partial charge in [0.2, 0.25) is 0 Å². The lowest BCUT2D eigenvalue weighted by molar-refractivity contribution is 0.148. The van der Waals surface area contributed by atoms with E-state index in [0.29, 0.717) is 5.75 Å². The smallest absolute Gasteiger partial charge is 0.156 e. The van der Waals surface area contributed by atoms with Gasteiger partial charge in [0, 0.05) is 0 Å². The predicted molar refractivity (Wildman–Crippen MR) is 68.5 cm³/mol. The van der Waals surface area contributed by atoms with Gasteiger partial charge in [-0.1, -0.05) is 6.42 Å². The molecule has 0 N–H and O–H groups in total. The van der Waals surface area contributed by atoms with E-state index in [4.69, 9.17) is 4.74 Å². The number of hydrogen-bond acceptors (Lipinski definition) is 3. The van der Waals surface area contributed by atoms with E-state index in [0.717, 1.165) is 32.1 Å². The Morgan fingerprint density at radius 1 is 1.24 bits per heavy atom. The van der Waals surface area contributed by atoms with Crippen molar-refractivity contribution in [3.05, 3.63) is 11.8 Å². The molecule has 1 aliphatic carbocycles. The maximum Gasteiger partial charge on any atom is 0.156 e. The van der Waals surface area contributed by atoms with Crippen molar-refractivity contribution in [2.75, 3.05) is 5.75 Å². The maximum atomic E-state index is 11.9. The highest BCUT2D eigenvalue weighted by molar-refractivity contribution is 7.92. The molecule has 2 atom stereocenters. The van der Waals surface area contributed by atoms with E-state index < -0.39 is 9.84 Å². The fraction of sp³-hybridized carbons (Fsp3) is 0.846. The molecule has 0 radical (unpaired) electrons. The van der Waals surface area contributed by atoms with Crippen LogP contribution in [0.2, 0.25) is 0 Å². The minimum atomic E-state index is -2.92. The molecule has 2 aliphatic rings. The van der Waals surface area contributed by atoms with Crippen LogP contribution in [0.15, 0.2) is 11.8 Å². The number of hydrogen-bond donors (Lipinski definition) is 0. The Bertz CT molecular complexity index is 375. The summed E-state index contributed by atoms with van der Waals surface area (Å²) in [6.07, 6.45) is 8.91. The first-order chi connectivity index (χ1) is 8.09. The summed E-state index contributed by atoms with van der Waals surface area (Å²) in [4.78, 5) is 0. The van der Waals surface area contributed by atoms with E-state index in [2.05, 4.69) is 0 Å². The summed E-state index contributed by atoms with van der Waals surface area (Å²) in [6.45, 7) is 1.89. The lowest BCUT2D eigenvalue weighted by atomic mass is 10.1. The van der Waals surface area contributed by atoms with Crippen LogP contribution in [-0.4, -0.2) is 25.5 Å². The molecule has 2 rings (SSSR count). The average Bonchev–Trinajstić information content (AvgIpc) is 2.78. The molecule has 0 bridgehead atoms.